The van der Waals surface area contributed by atoms with Crippen LogP contribution in [0, 0.1) is 0 Å². The highest BCUT2D eigenvalue weighted by atomic mass is 16.5. The number of pyridine rings is 1. The number of hydrogen-bond donors (Lipinski definition) is 3. The summed E-state index contributed by atoms with van der Waals surface area (Å²) >= 11 is 0. The maximum atomic E-state index is 12.6. The predicted molar refractivity (Wildman–Crippen MR) is 118 cm³/mol. The maximum Gasteiger partial charge on any atom is 0.255 e. The van der Waals surface area contributed by atoms with Crippen LogP contribution in [0.5, 0.6) is 5.75 Å². The lowest BCUT2D eigenvalue weighted by Crippen LogP contribution is -2.33. The van der Waals surface area contributed by atoms with Crippen LogP contribution in [0.3, 0.4) is 0 Å². The summed E-state index contributed by atoms with van der Waals surface area (Å²) in [5.74, 6) is 0.472. The molecule has 0 saturated heterocycles. The van der Waals surface area contributed by atoms with Crippen LogP contribution < -0.4 is 21.1 Å². The van der Waals surface area contributed by atoms with Gasteiger partial charge in [0.15, 0.2) is 0 Å². The Labute approximate surface area is 180 Å². The Kier molecular flexibility index (Phi) is 6.24. The summed E-state index contributed by atoms with van der Waals surface area (Å²) in [6, 6.07) is 17.6. The monoisotopic (exact) mass is 416 g/mol. The van der Waals surface area contributed by atoms with Crippen molar-refractivity contribution in [2.24, 2.45) is 5.73 Å². The number of rotatable bonds is 6. The first kappa shape index (κ1) is 20.6. The van der Waals surface area contributed by atoms with Crippen molar-refractivity contribution in [3.8, 4) is 5.75 Å². The van der Waals surface area contributed by atoms with E-state index in [-0.39, 0.29) is 24.3 Å². The molecule has 1 aromatic heterocycles. The van der Waals surface area contributed by atoms with Crippen molar-refractivity contribution in [3.63, 3.8) is 0 Å². The number of nitrogens with one attached hydrogen (secondary N) is 2. The molecule has 0 spiro atoms. The van der Waals surface area contributed by atoms with E-state index in [4.69, 9.17) is 10.5 Å². The van der Waals surface area contributed by atoms with Gasteiger partial charge in [0.25, 0.3) is 5.91 Å². The Bertz CT molecular complexity index is 1050. The van der Waals surface area contributed by atoms with Crippen LogP contribution in [0.4, 0.5) is 5.69 Å². The SMILES string of the molecule is NC(CC(=O)NC1CCOc2ccccc21)c1ccc(C(=O)Nc2ccncc2)cc1. The Morgan fingerprint density at radius 1 is 1.06 bits per heavy atom. The summed E-state index contributed by atoms with van der Waals surface area (Å²) in [6.07, 6.45) is 4.10. The first-order chi connectivity index (χ1) is 15.1. The fourth-order valence-corrected chi connectivity index (χ4v) is 3.58. The lowest BCUT2D eigenvalue weighted by molar-refractivity contribution is -0.122. The van der Waals surface area contributed by atoms with Gasteiger partial charge < -0.3 is 21.1 Å². The van der Waals surface area contributed by atoms with Gasteiger partial charge in [-0.05, 0) is 35.9 Å². The van der Waals surface area contributed by atoms with Crippen molar-refractivity contribution in [1.29, 1.82) is 0 Å². The molecule has 0 radical (unpaired) electrons. The van der Waals surface area contributed by atoms with Crippen LogP contribution in [-0.4, -0.2) is 23.4 Å². The van der Waals surface area contributed by atoms with Crippen LogP contribution in [-0.2, 0) is 4.79 Å². The zero-order valence-electron chi connectivity index (χ0n) is 17.0. The molecule has 0 aliphatic carbocycles. The molecule has 3 aromatic rings. The summed E-state index contributed by atoms with van der Waals surface area (Å²) in [5.41, 5.74) is 9.22. The quantitative estimate of drug-likeness (QED) is 0.571. The summed E-state index contributed by atoms with van der Waals surface area (Å²) in [7, 11) is 0. The van der Waals surface area contributed by atoms with E-state index in [9.17, 15) is 9.59 Å². The lowest BCUT2D eigenvalue weighted by atomic mass is 9.99. The number of para-hydroxylation sites is 1. The van der Waals surface area contributed by atoms with Gasteiger partial charge in [0, 0.05) is 48.1 Å². The second-order valence-electron chi connectivity index (χ2n) is 7.42. The molecule has 158 valence electrons. The summed E-state index contributed by atoms with van der Waals surface area (Å²) in [6.45, 7) is 0.567. The van der Waals surface area contributed by atoms with E-state index in [1.54, 1.807) is 48.8 Å². The minimum absolute atomic E-state index is 0.0797. The molecule has 4 rings (SSSR count). The van der Waals surface area contributed by atoms with E-state index in [2.05, 4.69) is 15.6 Å². The van der Waals surface area contributed by atoms with Crippen molar-refractivity contribution in [2.75, 3.05) is 11.9 Å². The van der Waals surface area contributed by atoms with Crippen molar-refractivity contribution in [3.05, 3.63) is 89.7 Å². The number of fused-ring (bicyclic) bond motifs is 1. The predicted octanol–water partition coefficient (Wildman–Crippen LogP) is 3.36. The van der Waals surface area contributed by atoms with Crippen LogP contribution in [0.1, 0.15) is 46.4 Å². The normalized spacial score (nSPS) is 15.8. The summed E-state index contributed by atoms with van der Waals surface area (Å²) in [5, 5.41) is 5.87. The molecule has 1 aliphatic heterocycles. The molecule has 0 fully saturated rings. The van der Waals surface area contributed by atoms with Gasteiger partial charge in [-0.3, -0.25) is 14.6 Å². The number of benzene rings is 2. The van der Waals surface area contributed by atoms with Crippen molar-refractivity contribution >= 4 is 17.5 Å². The number of carbonyl (C=O) groups is 2. The highest BCUT2D eigenvalue weighted by Crippen LogP contribution is 2.31. The number of ether oxygens (including phenoxy) is 1. The van der Waals surface area contributed by atoms with E-state index in [0.717, 1.165) is 23.3 Å². The van der Waals surface area contributed by atoms with Crippen LogP contribution in [0.15, 0.2) is 73.1 Å². The molecule has 2 heterocycles. The van der Waals surface area contributed by atoms with Crippen molar-refractivity contribution in [2.45, 2.75) is 24.9 Å². The molecule has 1 aliphatic rings. The van der Waals surface area contributed by atoms with E-state index < -0.39 is 6.04 Å². The summed E-state index contributed by atoms with van der Waals surface area (Å²) < 4.78 is 5.64. The Balaban J connectivity index is 1.34. The molecular weight excluding hydrogens is 392 g/mol. The molecule has 2 amide bonds. The molecule has 7 heteroatoms. The number of nitrogens with zero attached hydrogens (tertiary/aromatic N) is 1. The number of hydrogen-bond acceptors (Lipinski definition) is 5. The van der Waals surface area contributed by atoms with Crippen molar-refractivity contribution in [1.82, 2.24) is 10.3 Å². The molecule has 4 N–H and O–H groups in total. The number of amides is 2. The minimum Gasteiger partial charge on any atom is -0.493 e. The van der Waals surface area contributed by atoms with Crippen LogP contribution >= 0.6 is 0 Å². The average molecular weight is 416 g/mol. The third kappa shape index (κ3) is 5.07. The topological polar surface area (TPSA) is 106 Å². The highest BCUT2D eigenvalue weighted by Gasteiger charge is 2.23. The Morgan fingerprint density at radius 2 is 1.81 bits per heavy atom. The van der Waals surface area contributed by atoms with Gasteiger partial charge in [0.05, 0.1) is 12.6 Å². The van der Waals surface area contributed by atoms with Gasteiger partial charge >= 0.3 is 0 Å². The maximum absolute atomic E-state index is 12.6. The molecular formula is C24H24N4O3. The molecule has 31 heavy (non-hydrogen) atoms. The minimum atomic E-state index is -0.465. The number of carbonyl (C=O) groups excluding carboxylic acids is 2. The number of nitrogens with two attached hydrogens (primary N) is 1. The third-order valence-corrected chi connectivity index (χ3v) is 5.24. The summed E-state index contributed by atoms with van der Waals surface area (Å²) in [4.78, 5) is 28.9. The molecule has 2 unspecified atom stereocenters. The van der Waals surface area contributed by atoms with E-state index in [0.29, 0.717) is 17.9 Å². The third-order valence-electron chi connectivity index (χ3n) is 5.24. The van der Waals surface area contributed by atoms with Gasteiger partial charge in [-0.1, -0.05) is 30.3 Å². The fourth-order valence-electron chi connectivity index (χ4n) is 3.58. The van der Waals surface area contributed by atoms with Gasteiger partial charge in [-0.15, -0.1) is 0 Å². The molecule has 0 saturated carbocycles. The van der Waals surface area contributed by atoms with Crippen LogP contribution in [0.2, 0.25) is 0 Å². The zero-order valence-corrected chi connectivity index (χ0v) is 17.0. The van der Waals surface area contributed by atoms with E-state index in [1.165, 1.54) is 0 Å². The molecule has 2 aromatic carbocycles. The lowest BCUT2D eigenvalue weighted by Gasteiger charge is -2.27. The fraction of sp³-hybridized carbons (Fsp3) is 0.208. The Hall–Kier alpha value is -3.71. The van der Waals surface area contributed by atoms with E-state index >= 15 is 0 Å². The highest BCUT2D eigenvalue weighted by molar-refractivity contribution is 6.04. The van der Waals surface area contributed by atoms with Gasteiger partial charge in [0.2, 0.25) is 5.91 Å². The molecule has 0 bridgehead atoms. The van der Waals surface area contributed by atoms with Gasteiger partial charge in [-0.2, -0.15) is 0 Å². The smallest absolute Gasteiger partial charge is 0.255 e. The standard InChI is InChI=1S/C24H24N4O3/c25-20(15-23(29)28-21-11-14-31-22-4-2-1-3-19(21)22)16-5-7-17(8-6-16)24(30)27-18-9-12-26-13-10-18/h1-10,12-13,20-21H,11,14-15,25H2,(H,28,29)(H,26,27,30). The van der Waals surface area contributed by atoms with Crippen molar-refractivity contribution < 1.29 is 14.3 Å². The average Bonchev–Trinajstić information content (AvgIpc) is 2.80. The second kappa shape index (κ2) is 9.40. The zero-order chi connectivity index (χ0) is 21.6. The number of aromatic nitrogens is 1. The van der Waals surface area contributed by atoms with Gasteiger partial charge in [0.1, 0.15) is 5.75 Å². The first-order valence-electron chi connectivity index (χ1n) is 10.2. The van der Waals surface area contributed by atoms with E-state index in [1.807, 2.05) is 24.3 Å². The Morgan fingerprint density at radius 3 is 2.58 bits per heavy atom. The first-order valence-corrected chi connectivity index (χ1v) is 10.2. The second-order valence-corrected chi connectivity index (χ2v) is 7.42. The van der Waals surface area contributed by atoms with Crippen LogP contribution in [0.25, 0.3) is 0 Å². The van der Waals surface area contributed by atoms with Gasteiger partial charge in [-0.25, -0.2) is 0 Å². The molecule has 7 nitrogen and oxygen atoms in total. The largest absolute Gasteiger partial charge is 0.493 e. The number of anilines is 1. The molecule has 2 atom stereocenters.